The van der Waals surface area contributed by atoms with Gasteiger partial charge in [0.15, 0.2) is 0 Å². The number of nitrogens with zero attached hydrogens (tertiary/aromatic N) is 1. The van der Waals surface area contributed by atoms with Crippen LogP contribution in [0.1, 0.15) is 18.4 Å². The first-order chi connectivity index (χ1) is 7.29. The van der Waals surface area contributed by atoms with Gasteiger partial charge in [0.2, 0.25) is 0 Å². The van der Waals surface area contributed by atoms with Crippen LogP contribution in [0.25, 0.3) is 0 Å². The zero-order valence-electron chi connectivity index (χ0n) is 8.79. The highest BCUT2D eigenvalue weighted by molar-refractivity contribution is 7.14. The lowest BCUT2D eigenvalue weighted by Crippen LogP contribution is -2.37. The van der Waals surface area contributed by atoms with Crippen LogP contribution in [0.3, 0.4) is 0 Å². The Bertz CT molecular complexity index is 313. The molecule has 1 atom stereocenters. The molecular formula is C11H17ClN2S. The fourth-order valence-corrected chi connectivity index (χ4v) is 3.07. The molecule has 1 aromatic heterocycles. The Morgan fingerprint density at radius 3 is 3.13 bits per heavy atom. The molecule has 0 aliphatic carbocycles. The number of hydrogen-bond acceptors (Lipinski definition) is 3. The van der Waals surface area contributed by atoms with Crippen molar-refractivity contribution in [2.75, 3.05) is 19.6 Å². The van der Waals surface area contributed by atoms with Gasteiger partial charge in [0.1, 0.15) is 0 Å². The minimum atomic E-state index is 0.677. The third-order valence-electron chi connectivity index (χ3n) is 3.02. The molecule has 1 unspecified atom stereocenters. The highest BCUT2D eigenvalue weighted by atomic mass is 35.5. The van der Waals surface area contributed by atoms with Crippen LogP contribution in [0.15, 0.2) is 11.4 Å². The molecule has 2 heterocycles. The molecule has 0 aromatic carbocycles. The van der Waals surface area contributed by atoms with E-state index in [1.807, 2.05) is 0 Å². The van der Waals surface area contributed by atoms with Crippen molar-refractivity contribution >= 4 is 22.9 Å². The number of nitrogens with two attached hydrogens (primary N) is 1. The monoisotopic (exact) mass is 244 g/mol. The molecular weight excluding hydrogens is 228 g/mol. The lowest BCUT2D eigenvalue weighted by Gasteiger charge is -2.31. The normalized spacial score (nSPS) is 23.2. The number of piperidine rings is 1. The maximum Gasteiger partial charge on any atom is 0.0973 e. The van der Waals surface area contributed by atoms with Gasteiger partial charge >= 0.3 is 0 Å². The molecule has 0 spiro atoms. The summed E-state index contributed by atoms with van der Waals surface area (Å²) in [5.41, 5.74) is 6.98. The lowest BCUT2D eigenvalue weighted by atomic mass is 9.98. The second kappa shape index (κ2) is 5.30. The standard InChI is InChI=1S/C11H17ClN2S/c12-11-10(3-5-15-11)8-14-4-1-2-9(6-13)7-14/h3,5,9H,1-2,4,6-8,13H2. The van der Waals surface area contributed by atoms with Gasteiger partial charge in [-0.05, 0) is 48.9 Å². The first kappa shape index (κ1) is 11.4. The van der Waals surface area contributed by atoms with Crippen molar-refractivity contribution < 1.29 is 0 Å². The molecule has 1 aromatic rings. The molecule has 1 aliphatic heterocycles. The zero-order chi connectivity index (χ0) is 10.7. The van der Waals surface area contributed by atoms with Crippen LogP contribution < -0.4 is 5.73 Å². The van der Waals surface area contributed by atoms with E-state index in [0.29, 0.717) is 5.92 Å². The predicted molar refractivity (Wildman–Crippen MR) is 66.4 cm³/mol. The van der Waals surface area contributed by atoms with Gasteiger partial charge < -0.3 is 5.73 Å². The van der Waals surface area contributed by atoms with E-state index in [1.165, 1.54) is 24.9 Å². The summed E-state index contributed by atoms with van der Waals surface area (Å²) >= 11 is 7.71. The van der Waals surface area contributed by atoms with Crippen molar-refractivity contribution in [3.8, 4) is 0 Å². The maximum atomic E-state index is 6.10. The number of hydrogen-bond donors (Lipinski definition) is 1. The van der Waals surface area contributed by atoms with E-state index in [9.17, 15) is 0 Å². The number of halogens is 1. The van der Waals surface area contributed by atoms with Crippen molar-refractivity contribution in [1.82, 2.24) is 4.90 Å². The average Bonchev–Trinajstić information content (AvgIpc) is 2.65. The Balaban J connectivity index is 1.92. The molecule has 1 fully saturated rings. The molecule has 15 heavy (non-hydrogen) atoms. The summed E-state index contributed by atoms with van der Waals surface area (Å²) in [6.45, 7) is 4.11. The van der Waals surface area contributed by atoms with E-state index >= 15 is 0 Å². The summed E-state index contributed by atoms with van der Waals surface area (Å²) < 4.78 is 0.935. The smallest absolute Gasteiger partial charge is 0.0973 e. The van der Waals surface area contributed by atoms with Gasteiger partial charge in [-0.2, -0.15) is 0 Å². The van der Waals surface area contributed by atoms with Gasteiger partial charge in [-0.25, -0.2) is 0 Å². The molecule has 84 valence electrons. The van der Waals surface area contributed by atoms with Crippen molar-refractivity contribution in [2.24, 2.45) is 11.7 Å². The van der Waals surface area contributed by atoms with Crippen LogP contribution in [0.4, 0.5) is 0 Å². The minimum Gasteiger partial charge on any atom is -0.330 e. The topological polar surface area (TPSA) is 29.3 Å². The van der Waals surface area contributed by atoms with Crippen molar-refractivity contribution in [1.29, 1.82) is 0 Å². The zero-order valence-corrected chi connectivity index (χ0v) is 10.4. The van der Waals surface area contributed by atoms with E-state index in [1.54, 1.807) is 11.3 Å². The van der Waals surface area contributed by atoms with Crippen molar-refractivity contribution in [3.63, 3.8) is 0 Å². The predicted octanol–water partition coefficient (Wildman–Crippen LogP) is 2.57. The van der Waals surface area contributed by atoms with Gasteiger partial charge in [0.05, 0.1) is 4.34 Å². The van der Waals surface area contributed by atoms with Gasteiger partial charge in [0.25, 0.3) is 0 Å². The van der Waals surface area contributed by atoms with E-state index in [4.69, 9.17) is 17.3 Å². The lowest BCUT2D eigenvalue weighted by molar-refractivity contribution is 0.171. The van der Waals surface area contributed by atoms with Gasteiger partial charge in [0, 0.05) is 13.1 Å². The van der Waals surface area contributed by atoms with Gasteiger partial charge in [-0.1, -0.05) is 11.6 Å². The maximum absolute atomic E-state index is 6.10. The summed E-state index contributed by atoms with van der Waals surface area (Å²) in [4.78, 5) is 2.47. The highest BCUT2D eigenvalue weighted by Gasteiger charge is 2.19. The van der Waals surface area contributed by atoms with E-state index in [-0.39, 0.29) is 0 Å². The highest BCUT2D eigenvalue weighted by Crippen LogP contribution is 2.25. The van der Waals surface area contributed by atoms with Crippen LogP contribution in [0, 0.1) is 5.92 Å². The van der Waals surface area contributed by atoms with Gasteiger partial charge in [-0.15, -0.1) is 11.3 Å². The Morgan fingerprint density at radius 1 is 1.60 bits per heavy atom. The van der Waals surface area contributed by atoms with E-state index < -0.39 is 0 Å². The van der Waals surface area contributed by atoms with Crippen LogP contribution >= 0.6 is 22.9 Å². The molecule has 0 bridgehead atoms. The van der Waals surface area contributed by atoms with Gasteiger partial charge in [-0.3, -0.25) is 4.90 Å². The third-order valence-corrected chi connectivity index (χ3v) is 4.27. The first-order valence-corrected chi connectivity index (χ1v) is 6.69. The molecule has 0 saturated carbocycles. The van der Waals surface area contributed by atoms with Crippen molar-refractivity contribution in [3.05, 3.63) is 21.3 Å². The number of thiophene rings is 1. The summed E-state index contributed by atoms with van der Waals surface area (Å²) in [7, 11) is 0. The molecule has 1 aliphatic rings. The van der Waals surface area contributed by atoms with Crippen molar-refractivity contribution in [2.45, 2.75) is 19.4 Å². The molecule has 1 saturated heterocycles. The fraction of sp³-hybridized carbons (Fsp3) is 0.636. The minimum absolute atomic E-state index is 0.677. The number of rotatable bonds is 3. The molecule has 4 heteroatoms. The third kappa shape index (κ3) is 2.94. The summed E-state index contributed by atoms with van der Waals surface area (Å²) in [5.74, 6) is 0.677. The summed E-state index contributed by atoms with van der Waals surface area (Å²) in [5, 5.41) is 2.06. The first-order valence-electron chi connectivity index (χ1n) is 5.44. The van der Waals surface area contributed by atoms with E-state index in [0.717, 1.165) is 24.0 Å². The van der Waals surface area contributed by atoms with Crippen LogP contribution in [0.2, 0.25) is 4.34 Å². The van der Waals surface area contributed by atoms with Crippen LogP contribution in [-0.2, 0) is 6.54 Å². The second-order valence-corrected chi connectivity index (χ2v) is 5.72. The molecule has 0 amide bonds. The van der Waals surface area contributed by atoms with Crippen LogP contribution in [0.5, 0.6) is 0 Å². The Hall–Kier alpha value is -0.0900. The Morgan fingerprint density at radius 2 is 2.47 bits per heavy atom. The average molecular weight is 245 g/mol. The quantitative estimate of drug-likeness (QED) is 0.886. The molecule has 0 radical (unpaired) electrons. The fourth-order valence-electron chi connectivity index (χ4n) is 2.16. The largest absolute Gasteiger partial charge is 0.330 e. The molecule has 2 rings (SSSR count). The van der Waals surface area contributed by atoms with E-state index in [2.05, 4.69) is 16.3 Å². The SMILES string of the molecule is NCC1CCCN(Cc2ccsc2Cl)C1. The molecule has 2 N–H and O–H groups in total. The summed E-state index contributed by atoms with van der Waals surface area (Å²) in [6, 6.07) is 2.12. The molecule has 2 nitrogen and oxygen atoms in total. The number of likely N-dealkylation sites (tertiary alicyclic amines) is 1. The Labute approximate surface area is 100 Å². The second-order valence-electron chi connectivity index (χ2n) is 4.20. The Kier molecular flexibility index (Phi) is 4.03. The van der Waals surface area contributed by atoms with Crippen LogP contribution in [-0.4, -0.2) is 24.5 Å². The summed E-state index contributed by atoms with van der Waals surface area (Å²) in [6.07, 6.45) is 2.55.